The quantitative estimate of drug-likeness (QED) is 0.686. The zero-order chi connectivity index (χ0) is 15.0. The maximum atomic E-state index is 12.4. The Bertz CT molecular complexity index is 418. The third-order valence-corrected chi connectivity index (χ3v) is 3.72. The summed E-state index contributed by atoms with van der Waals surface area (Å²) in [7, 11) is 5.36. The van der Waals surface area contributed by atoms with Crippen LogP contribution in [0.4, 0.5) is 0 Å². The summed E-state index contributed by atoms with van der Waals surface area (Å²) in [6.07, 6.45) is 1.11. The molecule has 0 fully saturated rings. The second-order valence-electron chi connectivity index (χ2n) is 4.75. The number of thiophene rings is 1. The third kappa shape index (κ3) is 5.71. The van der Waals surface area contributed by atoms with Gasteiger partial charge >= 0.3 is 5.97 Å². The molecule has 0 saturated carbocycles. The molecule has 0 bridgehead atoms. The van der Waals surface area contributed by atoms with Crippen molar-refractivity contribution < 1.29 is 14.3 Å². The van der Waals surface area contributed by atoms with Crippen LogP contribution in [0.15, 0.2) is 17.5 Å². The third-order valence-electron chi connectivity index (χ3n) is 2.87. The molecular weight excluding hydrogens is 276 g/mol. The first-order valence-corrected chi connectivity index (χ1v) is 7.47. The minimum atomic E-state index is -0.290. The van der Waals surface area contributed by atoms with Crippen LogP contribution in [-0.2, 0) is 9.53 Å². The lowest BCUT2D eigenvalue weighted by atomic mass is 10.3. The highest BCUT2D eigenvalue weighted by atomic mass is 32.1. The van der Waals surface area contributed by atoms with Crippen LogP contribution in [0.25, 0.3) is 0 Å². The largest absolute Gasteiger partial charge is 0.469 e. The molecule has 0 saturated heterocycles. The Morgan fingerprint density at radius 2 is 2.00 bits per heavy atom. The van der Waals surface area contributed by atoms with Crippen LogP contribution in [0.5, 0.6) is 0 Å². The van der Waals surface area contributed by atoms with Crippen molar-refractivity contribution in [3.8, 4) is 0 Å². The minimum absolute atomic E-state index is 0.0114. The van der Waals surface area contributed by atoms with Crippen LogP contribution in [0, 0.1) is 0 Å². The van der Waals surface area contributed by atoms with E-state index in [4.69, 9.17) is 0 Å². The molecule has 0 unspecified atom stereocenters. The van der Waals surface area contributed by atoms with Gasteiger partial charge in [0.15, 0.2) is 0 Å². The van der Waals surface area contributed by atoms with Crippen molar-refractivity contribution >= 4 is 23.2 Å². The van der Waals surface area contributed by atoms with E-state index in [1.54, 1.807) is 4.90 Å². The molecule has 0 radical (unpaired) electrons. The number of rotatable bonds is 8. The van der Waals surface area contributed by atoms with Gasteiger partial charge in [-0.05, 0) is 38.5 Å². The van der Waals surface area contributed by atoms with Gasteiger partial charge in [0.25, 0.3) is 5.91 Å². The van der Waals surface area contributed by atoms with E-state index in [-0.39, 0.29) is 18.3 Å². The van der Waals surface area contributed by atoms with E-state index in [2.05, 4.69) is 9.64 Å². The molecule has 0 spiro atoms. The SMILES string of the molecule is COC(=O)CCN(CCCN(C)C)C(=O)c1cccs1. The van der Waals surface area contributed by atoms with Crippen LogP contribution in [0.1, 0.15) is 22.5 Å². The van der Waals surface area contributed by atoms with Crippen molar-refractivity contribution in [1.82, 2.24) is 9.80 Å². The molecule has 1 rings (SSSR count). The standard InChI is InChI=1S/C14H22N2O3S/c1-15(2)8-5-9-16(10-7-13(17)19-3)14(18)12-6-4-11-20-12/h4,6,11H,5,7-10H2,1-3H3. The number of esters is 1. The van der Waals surface area contributed by atoms with E-state index in [0.717, 1.165) is 13.0 Å². The average molecular weight is 298 g/mol. The van der Waals surface area contributed by atoms with Gasteiger partial charge < -0.3 is 14.5 Å². The maximum Gasteiger partial charge on any atom is 0.307 e. The van der Waals surface area contributed by atoms with Crippen LogP contribution in [-0.4, -0.2) is 62.5 Å². The second-order valence-corrected chi connectivity index (χ2v) is 5.70. The fourth-order valence-corrected chi connectivity index (χ4v) is 2.47. The van der Waals surface area contributed by atoms with Crippen LogP contribution in [0.2, 0.25) is 0 Å². The summed E-state index contributed by atoms with van der Waals surface area (Å²) in [4.78, 5) is 28.1. The number of amides is 1. The van der Waals surface area contributed by atoms with Crippen LogP contribution in [0.3, 0.4) is 0 Å². The number of hydrogen-bond acceptors (Lipinski definition) is 5. The zero-order valence-corrected chi connectivity index (χ0v) is 13.1. The van der Waals surface area contributed by atoms with E-state index in [9.17, 15) is 9.59 Å². The van der Waals surface area contributed by atoms with Gasteiger partial charge in [-0.1, -0.05) is 6.07 Å². The highest BCUT2D eigenvalue weighted by Crippen LogP contribution is 2.13. The normalized spacial score (nSPS) is 10.6. The smallest absolute Gasteiger partial charge is 0.307 e. The Hall–Kier alpha value is -1.40. The molecular formula is C14H22N2O3S. The Morgan fingerprint density at radius 3 is 2.55 bits per heavy atom. The number of ether oxygens (including phenoxy) is 1. The minimum Gasteiger partial charge on any atom is -0.469 e. The molecule has 0 N–H and O–H groups in total. The van der Waals surface area contributed by atoms with Gasteiger partial charge in [-0.3, -0.25) is 9.59 Å². The molecule has 1 heterocycles. The predicted octanol–water partition coefficient (Wildman–Crippen LogP) is 1.71. The molecule has 0 aliphatic carbocycles. The topological polar surface area (TPSA) is 49.9 Å². The molecule has 6 heteroatoms. The van der Waals surface area contributed by atoms with Crippen molar-refractivity contribution in [3.05, 3.63) is 22.4 Å². The van der Waals surface area contributed by atoms with Crippen molar-refractivity contribution in [2.75, 3.05) is 40.8 Å². The molecule has 0 aliphatic heterocycles. The first kappa shape index (κ1) is 16.7. The van der Waals surface area contributed by atoms with Gasteiger partial charge in [0.1, 0.15) is 0 Å². The fraction of sp³-hybridized carbons (Fsp3) is 0.571. The number of carbonyl (C=O) groups is 2. The Balaban J connectivity index is 2.58. The van der Waals surface area contributed by atoms with Gasteiger partial charge in [-0.15, -0.1) is 11.3 Å². The first-order chi connectivity index (χ1) is 9.54. The summed E-state index contributed by atoms with van der Waals surface area (Å²) in [6.45, 7) is 1.95. The van der Waals surface area contributed by atoms with Gasteiger partial charge in [-0.2, -0.15) is 0 Å². The van der Waals surface area contributed by atoms with Crippen LogP contribution < -0.4 is 0 Å². The van der Waals surface area contributed by atoms with Gasteiger partial charge in [-0.25, -0.2) is 0 Å². The second kappa shape index (κ2) is 8.71. The highest BCUT2D eigenvalue weighted by molar-refractivity contribution is 7.12. The van der Waals surface area contributed by atoms with Gasteiger partial charge in [0.05, 0.1) is 18.4 Å². The van der Waals surface area contributed by atoms with Gasteiger partial charge in [0.2, 0.25) is 0 Å². The Morgan fingerprint density at radius 1 is 1.25 bits per heavy atom. The van der Waals surface area contributed by atoms with Crippen molar-refractivity contribution in [1.29, 1.82) is 0 Å². The van der Waals surface area contributed by atoms with E-state index < -0.39 is 0 Å². The Labute approximate surface area is 124 Å². The summed E-state index contributed by atoms with van der Waals surface area (Å²) < 4.78 is 4.63. The number of nitrogens with zero attached hydrogens (tertiary/aromatic N) is 2. The maximum absolute atomic E-state index is 12.4. The summed E-state index contributed by atoms with van der Waals surface area (Å²) in [5, 5.41) is 1.88. The molecule has 1 aromatic heterocycles. The van der Waals surface area contributed by atoms with Crippen LogP contribution >= 0.6 is 11.3 Å². The average Bonchev–Trinajstić information content (AvgIpc) is 2.95. The number of methoxy groups -OCH3 is 1. The van der Waals surface area contributed by atoms with Crippen molar-refractivity contribution in [2.45, 2.75) is 12.8 Å². The molecule has 5 nitrogen and oxygen atoms in total. The number of hydrogen-bond donors (Lipinski definition) is 0. The predicted molar refractivity (Wildman–Crippen MR) is 80.0 cm³/mol. The lowest BCUT2D eigenvalue weighted by Crippen LogP contribution is -2.35. The molecule has 1 amide bonds. The van der Waals surface area contributed by atoms with E-state index in [1.165, 1.54) is 18.4 Å². The number of carbonyl (C=O) groups excluding carboxylic acids is 2. The summed E-state index contributed by atoms with van der Waals surface area (Å²) in [6, 6.07) is 3.67. The summed E-state index contributed by atoms with van der Waals surface area (Å²) >= 11 is 1.42. The first-order valence-electron chi connectivity index (χ1n) is 6.59. The molecule has 20 heavy (non-hydrogen) atoms. The fourth-order valence-electron chi connectivity index (χ4n) is 1.78. The van der Waals surface area contributed by atoms with E-state index >= 15 is 0 Å². The summed E-state index contributed by atoms with van der Waals surface area (Å²) in [5.74, 6) is -0.302. The van der Waals surface area contributed by atoms with E-state index in [0.29, 0.717) is 18.0 Å². The lowest BCUT2D eigenvalue weighted by Gasteiger charge is -2.22. The summed E-state index contributed by atoms with van der Waals surface area (Å²) in [5.41, 5.74) is 0. The molecule has 112 valence electrons. The molecule has 0 atom stereocenters. The zero-order valence-electron chi connectivity index (χ0n) is 12.3. The Kier molecular flexibility index (Phi) is 7.25. The molecule has 1 aromatic rings. The van der Waals surface area contributed by atoms with Gasteiger partial charge in [0, 0.05) is 13.1 Å². The lowest BCUT2D eigenvalue weighted by molar-refractivity contribution is -0.140. The molecule has 0 aliphatic rings. The molecule has 0 aromatic carbocycles. The van der Waals surface area contributed by atoms with Crippen molar-refractivity contribution in [2.24, 2.45) is 0 Å². The highest BCUT2D eigenvalue weighted by Gasteiger charge is 2.17. The van der Waals surface area contributed by atoms with E-state index in [1.807, 2.05) is 31.6 Å². The monoisotopic (exact) mass is 298 g/mol. The van der Waals surface area contributed by atoms with Crippen molar-refractivity contribution in [3.63, 3.8) is 0 Å².